The summed E-state index contributed by atoms with van der Waals surface area (Å²) in [7, 11) is 1.17. The van der Waals surface area contributed by atoms with E-state index in [-0.39, 0.29) is 6.61 Å². The zero-order valence-corrected chi connectivity index (χ0v) is 14.8. The van der Waals surface area contributed by atoms with E-state index in [1.807, 2.05) is 0 Å². The molecule has 2 rings (SSSR count). The number of carbonyl (C=O) groups excluding carboxylic acids is 1. The van der Waals surface area contributed by atoms with Gasteiger partial charge >= 0.3 is 12.3 Å². The molecule has 1 aromatic carbocycles. The van der Waals surface area contributed by atoms with Gasteiger partial charge in [-0.2, -0.15) is 18.3 Å². The first-order chi connectivity index (χ1) is 12.6. The fourth-order valence-corrected chi connectivity index (χ4v) is 2.50. The zero-order chi connectivity index (χ0) is 20.2. The maximum atomic E-state index is 13.0. The smallest absolute Gasteiger partial charge is 0.435 e. The molecule has 2 unspecified atom stereocenters. The Morgan fingerprint density at radius 2 is 1.96 bits per heavy atom. The molecular formula is C16H17ClF3N3O4. The molecule has 7 nitrogen and oxygen atoms in total. The van der Waals surface area contributed by atoms with Crippen LogP contribution in [0, 0.1) is 0 Å². The van der Waals surface area contributed by atoms with Crippen LogP contribution in [-0.4, -0.2) is 38.7 Å². The number of alkyl halides is 3. The Balaban J connectivity index is 1.96. The van der Waals surface area contributed by atoms with Crippen LogP contribution in [-0.2, 0) is 24.6 Å². The Labute approximate surface area is 157 Å². The molecule has 2 aromatic rings. The van der Waals surface area contributed by atoms with Crippen molar-refractivity contribution < 1.29 is 32.9 Å². The summed E-state index contributed by atoms with van der Waals surface area (Å²) in [5.74, 6) is 0. The Kier molecular flexibility index (Phi) is 6.68. The van der Waals surface area contributed by atoms with E-state index in [1.165, 1.54) is 7.05 Å². The Hall–Kier alpha value is -2.30. The number of benzene rings is 1. The number of aliphatic hydroxyl groups excluding tert-OH is 2. The molecule has 0 aliphatic carbocycles. The van der Waals surface area contributed by atoms with E-state index in [9.17, 15) is 28.2 Å². The highest BCUT2D eigenvalue weighted by Crippen LogP contribution is 2.38. The van der Waals surface area contributed by atoms with Crippen molar-refractivity contribution in [1.82, 2.24) is 15.1 Å². The topological polar surface area (TPSA) is 96.6 Å². The fourth-order valence-electron chi connectivity index (χ4n) is 2.26. The van der Waals surface area contributed by atoms with Crippen LogP contribution in [0.2, 0.25) is 5.15 Å². The molecule has 0 saturated heterocycles. The summed E-state index contributed by atoms with van der Waals surface area (Å²) in [6, 6.07) is 8.77. The van der Waals surface area contributed by atoms with Crippen LogP contribution in [0.5, 0.6) is 0 Å². The normalized spacial score (nSPS) is 13.9. The first-order valence-corrected chi connectivity index (χ1v) is 8.09. The Morgan fingerprint density at radius 1 is 1.33 bits per heavy atom. The minimum absolute atomic E-state index is 0.0298. The standard InChI is InChI=1S/C16H17ClF3N3O4/c1-23-14(17)11(13(22-23)16(18,19)20)12(25)10(24)7-21-15(26)27-8-9-5-3-2-4-6-9/h2-6,10,12,24-25H,7-8H2,1H3,(H,21,26). The van der Waals surface area contributed by atoms with Crippen LogP contribution in [0.25, 0.3) is 0 Å². The van der Waals surface area contributed by atoms with E-state index >= 15 is 0 Å². The molecule has 0 fully saturated rings. The Bertz CT molecular complexity index is 783. The first kappa shape index (κ1) is 21.0. The molecule has 11 heteroatoms. The third kappa shape index (κ3) is 5.34. The average Bonchev–Trinajstić information content (AvgIpc) is 2.93. The van der Waals surface area contributed by atoms with E-state index in [1.54, 1.807) is 30.3 Å². The van der Waals surface area contributed by atoms with Crippen molar-refractivity contribution in [2.24, 2.45) is 7.05 Å². The summed E-state index contributed by atoms with van der Waals surface area (Å²) in [4.78, 5) is 11.6. The number of rotatable bonds is 6. The minimum Gasteiger partial charge on any atom is -0.445 e. The second kappa shape index (κ2) is 8.59. The number of aryl methyl sites for hydroxylation is 1. The molecule has 3 N–H and O–H groups in total. The van der Waals surface area contributed by atoms with Crippen LogP contribution >= 0.6 is 11.6 Å². The van der Waals surface area contributed by atoms with Gasteiger partial charge in [0.1, 0.15) is 24.0 Å². The second-order valence-electron chi connectivity index (χ2n) is 5.63. The van der Waals surface area contributed by atoms with Crippen molar-refractivity contribution in [2.75, 3.05) is 6.54 Å². The number of alkyl carbamates (subject to hydrolysis) is 1. The molecule has 27 heavy (non-hydrogen) atoms. The van der Waals surface area contributed by atoms with Gasteiger partial charge in [-0.15, -0.1) is 0 Å². The minimum atomic E-state index is -4.87. The highest BCUT2D eigenvalue weighted by Gasteiger charge is 2.42. The number of amides is 1. The molecule has 2 atom stereocenters. The number of halogens is 4. The summed E-state index contributed by atoms with van der Waals surface area (Å²) in [5.41, 5.74) is -1.45. The summed E-state index contributed by atoms with van der Waals surface area (Å²) >= 11 is 5.76. The second-order valence-corrected chi connectivity index (χ2v) is 5.99. The van der Waals surface area contributed by atoms with Gasteiger partial charge < -0.3 is 20.3 Å². The van der Waals surface area contributed by atoms with E-state index in [2.05, 4.69) is 10.4 Å². The SMILES string of the molecule is Cn1nc(C(F)(F)F)c(C(O)C(O)CNC(=O)OCc2ccccc2)c1Cl. The maximum absolute atomic E-state index is 13.0. The lowest BCUT2D eigenvalue weighted by molar-refractivity contribution is -0.143. The van der Waals surface area contributed by atoms with Crippen LogP contribution < -0.4 is 5.32 Å². The Morgan fingerprint density at radius 3 is 2.56 bits per heavy atom. The molecule has 0 spiro atoms. The molecule has 0 aliphatic rings. The number of nitrogens with zero attached hydrogens (tertiary/aromatic N) is 2. The summed E-state index contributed by atoms with van der Waals surface area (Å²) in [6.07, 6.45) is -9.56. The van der Waals surface area contributed by atoms with Crippen molar-refractivity contribution in [3.05, 3.63) is 52.3 Å². The lowest BCUT2D eigenvalue weighted by atomic mass is 10.0. The highest BCUT2D eigenvalue weighted by atomic mass is 35.5. The van der Waals surface area contributed by atoms with Gasteiger partial charge in [0.25, 0.3) is 0 Å². The number of hydrogen-bond donors (Lipinski definition) is 3. The van der Waals surface area contributed by atoms with Crippen LogP contribution in [0.4, 0.5) is 18.0 Å². The largest absolute Gasteiger partial charge is 0.445 e. The van der Waals surface area contributed by atoms with E-state index < -0.39 is 47.4 Å². The van der Waals surface area contributed by atoms with Crippen LogP contribution in [0.1, 0.15) is 22.9 Å². The number of hydrogen-bond acceptors (Lipinski definition) is 5. The van der Waals surface area contributed by atoms with Crippen molar-refractivity contribution >= 4 is 17.7 Å². The monoisotopic (exact) mass is 407 g/mol. The third-order valence-corrected chi connectivity index (χ3v) is 4.06. The molecule has 0 radical (unpaired) electrons. The van der Waals surface area contributed by atoms with Crippen LogP contribution in [0.15, 0.2) is 30.3 Å². The third-order valence-electron chi connectivity index (χ3n) is 3.61. The van der Waals surface area contributed by atoms with E-state index in [0.29, 0.717) is 0 Å². The fraction of sp³-hybridized carbons (Fsp3) is 0.375. The summed E-state index contributed by atoms with van der Waals surface area (Å²) in [6.45, 7) is -0.588. The maximum Gasteiger partial charge on any atom is 0.435 e. The molecule has 148 valence electrons. The molecule has 1 amide bonds. The zero-order valence-electron chi connectivity index (χ0n) is 14.1. The van der Waals surface area contributed by atoms with Gasteiger partial charge in [0.15, 0.2) is 5.69 Å². The highest BCUT2D eigenvalue weighted by molar-refractivity contribution is 6.30. The molecule has 0 bridgehead atoms. The number of aromatic nitrogens is 2. The predicted octanol–water partition coefficient (Wildman–Crippen LogP) is 2.41. The van der Waals surface area contributed by atoms with E-state index in [0.717, 1.165) is 10.2 Å². The average molecular weight is 408 g/mol. The van der Waals surface area contributed by atoms with Gasteiger partial charge in [-0.3, -0.25) is 4.68 Å². The van der Waals surface area contributed by atoms with Gasteiger partial charge in [0.05, 0.1) is 5.56 Å². The number of ether oxygens (including phenoxy) is 1. The number of aliphatic hydroxyl groups is 2. The molecule has 0 aliphatic heterocycles. The predicted molar refractivity (Wildman–Crippen MR) is 88.8 cm³/mol. The van der Waals surface area contributed by atoms with Crippen molar-refractivity contribution in [1.29, 1.82) is 0 Å². The lowest BCUT2D eigenvalue weighted by Crippen LogP contribution is -2.36. The van der Waals surface area contributed by atoms with Gasteiger partial charge in [-0.1, -0.05) is 41.9 Å². The van der Waals surface area contributed by atoms with E-state index in [4.69, 9.17) is 16.3 Å². The van der Waals surface area contributed by atoms with Gasteiger partial charge in [0, 0.05) is 13.6 Å². The molecule has 1 heterocycles. The number of carbonyl (C=O) groups is 1. The van der Waals surface area contributed by atoms with Gasteiger partial charge in [-0.25, -0.2) is 4.79 Å². The molecular weight excluding hydrogens is 391 g/mol. The van der Waals surface area contributed by atoms with Crippen molar-refractivity contribution in [3.63, 3.8) is 0 Å². The summed E-state index contributed by atoms with van der Waals surface area (Å²) in [5, 5.41) is 24.9. The lowest BCUT2D eigenvalue weighted by Gasteiger charge is -2.19. The van der Waals surface area contributed by atoms with Gasteiger partial charge in [0.2, 0.25) is 0 Å². The number of nitrogens with one attached hydrogen (secondary N) is 1. The van der Waals surface area contributed by atoms with Gasteiger partial charge in [-0.05, 0) is 5.56 Å². The van der Waals surface area contributed by atoms with Crippen molar-refractivity contribution in [3.8, 4) is 0 Å². The van der Waals surface area contributed by atoms with Crippen LogP contribution in [0.3, 0.4) is 0 Å². The van der Waals surface area contributed by atoms with Crippen molar-refractivity contribution in [2.45, 2.75) is 25.0 Å². The first-order valence-electron chi connectivity index (χ1n) is 7.71. The molecule has 0 saturated carbocycles. The molecule has 1 aromatic heterocycles. The quantitative estimate of drug-likeness (QED) is 0.683. The summed E-state index contributed by atoms with van der Waals surface area (Å²) < 4.78 is 44.7.